The van der Waals surface area contributed by atoms with Crippen LogP contribution in [0.4, 0.5) is 0 Å². The van der Waals surface area contributed by atoms with Crippen molar-refractivity contribution in [1.29, 1.82) is 0 Å². The Hall–Kier alpha value is -1.52. The van der Waals surface area contributed by atoms with E-state index in [1.807, 2.05) is 0 Å². The van der Waals surface area contributed by atoms with Crippen molar-refractivity contribution in [1.82, 2.24) is 5.32 Å². The zero-order valence-corrected chi connectivity index (χ0v) is 10.4. The normalized spacial score (nSPS) is 10.6. The number of phenolic OH excluding ortho intramolecular Hbond substituents is 2. The average Bonchev–Trinajstić information content (AvgIpc) is 2.71. The van der Waals surface area contributed by atoms with Gasteiger partial charge in [0.25, 0.3) is 0 Å². The SMILES string of the molecule is Cc1cscc1CNCc1cccc(O)c1O. The van der Waals surface area contributed by atoms with E-state index in [1.165, 1.54) is 17.2 Å². The fourth-order valence-corrected chi connectivity index (χ4v) is 2.48. The number of para-hydroxylation sites is 1. The van der Waals surface area contributed by atoms with Gasteiger partial charge in [-0.1, -0.05) is 12.1 Å². The lowest BCUT2D eigenvalue weighted by Crippen LogP contribution is -2.12. The molecule has 0 aliphatic rings. The van der Waals surface area contributed by atoms with E-state index < -0.39 is 0 Å². The Labute approximate surface area is 104 Å². The second kappa shape index (κ2) is 5.21. The first-order valence-corrected chi connectivity index (χ1v) is 6.35. The highest BCUT2D eigenvalue weighted by molar-refractivity contribution is 7.08. The van der Waals surface area contributed by atoms with Crippen LogP contribution in [0.25, 0.3) is 0 Å². The highest BCUT2D eigenvalue weighted by Gasteiger charge is 2.05. The summed E-state index contributed by atoms with van der Waals surface area (Å²) in [5, 5.41) is 26.5. The molecule has 3 nitrogen and oxygen atoms in total. The molecule has 0 bridgehead atoms. The van der Waals surface area contributed by atoms with E-state index in [-0.39, 0.29) is 11.5 Å². The Kier molecular flexibility index (Phi) is 3.66. The van der Waals surface area contributed by atoms with Gasteiger partial charge in [0.15, 0.2) is 11.5 Å². The third-order valence-electron chi connectivity index (χ3n) is 2.69. The standard InChI is InChI=1S/C13H15NO2S/c1-9-7-17-8-11(9)6-14-5-10-3-2-4-12(15)13(10)16/h2-4,7-8,14-16H,5-6H2,1H3. The van der Waals surface area contributed by atoms with E-state index in [4.69, 9.17) is 0 Å². The van der Waals surface area contributed by atoms with Crippen molar-refractivity contribution in [3.8, 4) is 11.5 Å². The monoisotopic (exact) mass is 249 g/mol. The van der Waals surface area contributed by atoms with Crippen LogP contribution in [0, 0.1) is 6.92 Å². The van der Waals surface area contributed by atoms with Crippen LogP contribution in [0.5, 0.6) is 11.5 Å². The molecule has 1 aromatic heterocycles. The molecule has 0 radical (unpaired) electrons. The molecule has 2 aromatic rings. The quantitative estimate of drug-likeness (QED) is 0.730. The van der Waals surface area contributed by atoms with Crippen LogP contribution in [-0.4, -0.2) is 10.2 Å². The molecular weight excluding hydrogens is 234 g/mol. The number of hydrogen-bond donors (Lipinski definition) is 3. The zero-order chi connectivity index (χ0) is 12.3. The smallest absolute Gasteiger partial charge is 0.161 e. The lowest BCUT2D eigenvalue weighted by Gasteiger charge is -2.07. The molecule has 1 heterocycles. The van der Waals surface area contributed by atoms with E-state index >= 15 is 0 Å². The lowest BCUT2D eigenvalue weighted by molar-refractivity contribution is 0.397. The summed E-state index contributed by atoms with van der Waals surface area (Å²) in [6, 6.07) is 4.99. The topological polar surface area (TPSA) is 52.5 Å². The minimum atomic E-state index is -0.0731. The first-order valence-electron chi connectivity index (χ1n) is 5.40. The largest absolute Gasteiger partial charge is 0.504 e. The fraction of sp³-hybridized carbons (Fsp3) is 0.231. The van der Waals surface area contributed by atoms with Gasteiger partial charge in [0.1, 0.15) is 0 Å². The summed E-state index contributed by atoms with van der Waals surface area (Å²) in [6.45, 7) is 3.39. The van der Waals surface area contributed by atoms with Crippen LogP contribution in [0.3, 0.4) is 0 Å². The van der Waals surface area contributed by atoms with Crippen molar-refractivity contribution in [2.45, 2.75) is 20.0 Å². The predicted octanol–water partition coefficient (Wildman–Crippen LogP) is 2.76. The van der Waals surface area contributed by atoms with Crippen LogP contribution in [-0.2, 0) is 13.1 Å². The van der Waals surface area contributed by atoms with E-state index in [0.717, 1.165) is 6.54 Å². The Morgan fingerprint density at radius 3 is 2.59 bits per heavy atom. The van der Waals surface area contributed by atoms with Crippen molar-refractivity contribution < 1.29 is 10.2 Å². The van der Waals surface area contributed by atoms with Crippen molar-refractivity contribution >= 4 is 11.3 Å². The number of thiophene rings is 1. The van der Waals surface area contributed by atoms with Crippen molar-refractivity contribution in [2.24, 2.45) is 0 Å². The highest BCUT2D eigenvalue weighted by Crippen LogP contribution is 2.28. The van der Waals surface area contributed by atoms with Crippen molar-refractivity contribution in [3.05, 3.63) is 45.6 Å². The summed E-state index contributed by atoms with van der Waals surface area (Å²) in [4.78, 5) is 0. The Morgan fingerprint density at radius 1 is 1.12 bits per heavy atom. The molecule has 0 atom stereocenters. The fourth-order valence-electron chi connectivity index (χ4n) is 1.62. The predicted molar refractivity (Wildman–Crippen MR) is 69.4 cm³/mol. The van der Waals surface area contributed by atoms with Gasteiger partial charge in [0, 0.05) is 18.7 Å². The maximum absolute atomic E-state index is 9.62. The van der Waals surface area contributed by atoms with Crippen molar-refractivity contribution in [2.75, 3.05) is 0 Å². The summed E-state index contributed by atoms with van der Waals surface area (Å²) in [7, 11) is 0. The van der Waals surface area contributed by atoms with Gasteiger partial charge in [0.05, 0.1) is 0 Å². The van der Waals surface area contributed by atoms with Crippen LogP contribution < -0.4 is 5.32 Å². The maximum atomic E-state index is 9.62. The summed E-state index contributed by atoms with van der Waals surface area (Å²) < 4.78 is 0. The molecule has 0 aliphatic carbocycles. The number of hydrogen-bond acceptors (Lipinski definition) is 4. The maximum Gasteiger partial charge on any atom is 0.161 e. The third-order valence-corrected chi connectivity index (χ3v) is 3.60. The number of aryl methyl sites for hydroxylation is 1. The lowest BCUT2D eigenvalue weighted by atomic mass is 10.1. The Morgan fingerprint density at radius 2 is 1.88 bits per heavy atom. The molecule has 0 aliphatic heterocycles. The molecule has 0 saturated heterocycles. The molecule has 2 rings (SSSR count). The number of benzene rings is 1. The summed E-state index contributed by atoms with van der Waals surface area (Å²) in [5.74, 6) is -0.113. The summed E-state index contributed by atoms with van der Waals surface area (Å²) in [5.41, 5.74) is 3.26. The average molecular weight is 249 g/mol. The Balaban J connectivity index is 1.95. The number of aromatic hydroxyl groups is 2. The van der Waals surface area contributed by atoms with Gasteiger partial charge < -0.3 is 15.5 Å². The van der Waals surface area contributed by atoms with Crippen LogP contribution in [0.2, 0.25) is 0 Å². The molecule has 1 aromatic carbocycles. The van der Waals surface area contributed by atoms with Crippen LogP contribution in [0.1, 0.15) is 16.7 Å². The molecule has 0 saturated carbocycles. The second-order valence-corrected chi connectivity index (χ2v) is 4.71. The zero-order valence-electron chi connectivity index (χ0n) is 9.60. The minimum Gasteiger partial charge on any atom is -0.504 e. The van der Waals surface area contributed by atoms with Gasteiger partial charge in [-0.2, -0.15) is 11.3 Å². The van der Waals surface area contributed by atoms with Gasteiger partial charge >= 0.3 is 0 Å². The molecule has 0 spiro atoms. The first-order chi connectivity index (χ1) is 8.18. The first kappa shape index (κ1) is 12.0. The second-order valence-electron chi connectivity index (χ2n) is 3.97. The van der Waals surface area contributed by atoms with E-state index in [9.17, 15) is 10.2 Å². The van der Waals surface area contributed by atoms with Gasteiger partial charge in [-0.25, -0.2) is 0 Å². The minimum absolute atomic E-state index is 0.0398. The molecule has 4 heteroatoms. The van der Waals surface area contributed by atoms with Crippen molar-refractivity contribution in [3.63, 3.8) is 0 Å². The Bertz CT molecular complexity index is 508. The van der Waals surface area contributed by atoms with Gasteiger partial charge in [0.2, 0.25) is 0 Å². The number of rotatable bonds is 4. The van der Waals surface area contributed by atoms with E-state index in [1.54, 1.807) is 23.5 Å². The van der Waals surface area contributed by atoms with Gasteiger partial charge in [-0.05, 0) is 34.9 Å². The molecule has 0 fully saturated rings. The van der Waals surface area contributed by atoms with E-state index in [2.05, 4.69) is 23.0 Å². The molecule has 0 unspecified atom stereocenters. The highest BCUT2D eigenvalue weighted by atomic mass is 32.1. The van der Waals surface area contributed by atoms with Crippen LogP contribution in [0.15, 0.2) is 29.0 Å². The summed E-state index contributed by atoms with van der Waals surface area (Å²) >= 11 is 1.69. The summed E-state index contributed by atoms with van der Waals surface area (Å²) in [6.07, 6.45) is 0. The number of nitrogens with one attached hydrogen (secondary N) is 1. The van der Waals surface area contributed by atoms with Crippen LogP contribution >= 0.6 is 11.3 Å². The number of phenols is 2. The third kappa shape index (κ3) is 2.78. The molecule has 0 amide bonds. The van der Waals surface area contributed by atoms with Gasteiger partial charge in [-0.3, -0.25) is 0 Å². The molecular formula is C13H15NO2S. The van der Waals surface area contributed by atoms with Gasteiger partial charge in [-0.15, -0.1) is 0 Å². The molecule has 90 valence electrons. The molecule has 3 N–H and O–H groups in total. The van der Waals surface area contributed by atoms with E-state index in [0.29, 0.717) is 12.1 Å². The molecule has 17 heavy (non-hydrogen) atoms.